The molecule has 1 aromatic heterocycles. The highest BCUT2D eigenvalue weighted by Crippen LogP contribution is 2.25. The summed E-state index contributed by atoms with van der Waals surface area (Å²) < 4.78 is 7.04. The monoisotopic (exact) mass is 405 g/mol. The minimum Gasteiger partial charge on any atom is -0.462 e. The summed E-state index contributed by atoms with van der Waals surface area (Å²) in [4.78, 5) is 17.8. The number of unbranched alkanes of at least 4 members (excludes halogenated alkanes) is 1. The Kier molecular flexibility index (Phi) is 6.70. The Morgan fingerprint density at radius 3 is 2.23 bits per heavy atom. The van der Waals surface area contributed by atoms with Crippen LogP contribution in [0.4, 0.5) is 0 Å². The van der Waals surface area contributed by atoms with Gasteiger partial charge in [0.15, 0.2) is 5.82 Å². The summed E-state index contributed by atoms with van der Waals surface area (Å²) in [5.41, 5.74) is 3.84. The molecule has 5 heteroatoms. The van der Waals surface area contributed by atoms with Gasteiger partial charge in [-0.2, -0.15) is 9.67 Å². The van der Waals surface area contributed by atoms with Gasteiger partial charge in [0.2, 0.25) is 0 Å². The normalized spacial score (nSPS) is 11.5. The van der Waals surface area contributed by atoms with E-state index in [9.17, 15) is 4.79 Å². The van der Waals surface area contributed by atoms with Crippen LogP contribution in [0.1, 0.15) is 68.9 Å². The molecule has 0 bridgehead atoms. The minimum atomic E-state index is -0.220. The number of nitrogens with zero attached hydrogens (tertiary/aromatic N) is 3. The molecule has 5 nitrogen and oxygen atoms in total. The fourth-order valence-corrected chi connectivity index (χ4v) is 3.12. The predicted octanol–water partition coefficient (Wildman–Crippen LogP) is 5.67. The summed E-state index contributed by atoms with van der Waals surface area (Å²) in [7, 11) is 0. The average molecular weight is 406 g/mol. The number of carbonyl (C=O) groups is 1. The molecule has 158 valence electrons. The van der Waals surface area contributed by atoms with Crippen LogP contribution in [0.3, 0.4) is 0 Å². The van der Waals surface area contributed by atoms with Crippen LogP contribution >= 0.6 is 0 Å². The van der Waals surface area contributed by atoms with Crippen molar-refractivity contribution in [3.05, 3.63) is 65.2 Å². The van der Waals surface area contributed by atoms with Crippen molar-refractivity contribution in [1.82, 2.24) is 14.8 Å². The van der Waals surface area contributed by atoms with Crippen molar-refractivity contribution < 1.29 is 9.53 Å². The highest BCUT2D eigenvalue weighted by Gasteiger charge is 2.21. The summed E-state index contributed by atoms with van der Waals surface area (Å²) in [6.45, 7) is 11.2. The van der Waals surface area contributed by atoms with Gasteiger partial charge in [-0.1, -0.05) is 77.4 Å². The summed E-state index contributed by atoms with van der Waals surface area (Å²) in [5.74, 6) is 0.275. The van der Waals surface area contributed by atoms with E-state index < -0.39 is 0 Å². The van der Waals surface area contributed by atoms with Crippen LogP contribution in [-0.2, 0) is 11.8 Å². The molecule has 0 spiro atoms. The van der Waals surface area contributed by atoms with Crippen LogP contribution < -0.4 is 4.74 Å². The van der Waals surface area contributed by atoms with E-state index in [0.29, 0.717) is 18.0 Å². The second kappa shape index (κ2) is 9.24. The van der Waals surface area contributed by atoms with E-state index >= 15 is 0 Å². The number of benzene rings is 2. The summed E-state index contributed by atoms with van der Waals surface area (Å²) in [6, 6.07) is 16.0. The lowest BCUT2D eigenvalue weighted by atomic mass is 9.87. The molecule has 0 radical (unpaired) electrons. The second-order valence-electron chi connectivity index (χ2n) is 8.51. The lowest BCUT2D eigenvalue weighted by Crippen LogP contribution is -2.16. The van der Waals surface area contributed by atoms with E-state index in [1.807, 2.05) is 36.4 Å². The second-order valence-corrected chi connectivity index (χ2v) is 8.51. The van der Waals surface area contributed by atoms with Gasteiger partial charge in [0.05, 0.1) is 6.61 Å². The molecule has 0 N–H and O–H groups in total. The first-order chi connectivity index (χ1) is 14.3. The van der Waals surface area contributed by atoms with Crippen LogP contribution in [0.15, 0.2) is 48.5 Å². The number of hydrogen-bond acceptors (Lipinski definition) is 4. The van der Waals surface area contributed by atoms with Gasteiger partial charge in [0, 0.05) is 11.1 Å². The Morgan fingerprint density at radius 2 is 1.67 bits per heavy atom. The molecule has 0 fully saturated rings. The van der Waals surface area contributed by atoms with Crippen LogP contribution in [0.5, 0.6) is 6.01 Å². The van der Waals surface area contributed by atoms with E-state index in [1.165, 1.54) is 15.8 Å². The number of hydrogen-bond donors (Lipinski definition) is 0. The zero-order valence-electron chi connectivity index (χ0n) is 18.6. The molecule has 0 unspecified atom stereocenters. The molecule has 0 aliphatic rings. The fraction of sp³-hybridized carbons (Fsp3) is 0.400. The highest BCUT2D eigenvalue weighted by atomic mass is 16.5. The van der Waals surface area contributed by atoms with Gasteiger partial charge >= 0.3 is 6.01 Å². The molecule has 0 saturated heterocycles. The number of aryl methyl sites for hydroxylation is 1. The quantitative estimate of drug-likeness (QED) is 0.475. The lowest BCUT2D eigenvalue weighted by Gasteiger charge is -2.19. The van der Waals surface area contributed by atoms with E-state index in [0.717, 1.165) is 24.8 Å². The Hall–Kier alpha value is -2.95. The molecule has 2 aromatic carbocycles. The smallest absolute Gasteiger partial charge is 0.336 e. The Balaban J connectivity index is 1.97. The van der Waals surface area contributed by atoms with Gasteiger partial charge in [-0.05, 0) is 41.5 Å². The third kappa shape index (κ3) is 4.96. The molecule has 0 aliphatic heterocycles. The van der Waals surface area contributed by atoms with Crippen molar-refractivity contribution in [2.75, 3.05) is 6.61 Å². The number of ether oxygens (including phenoxy) is 1. The Morgan fingerprint density at radius 1 is 1.00 bits per heavy atom. The van der Waals surface area contributed by atoms with Crippen molar-refractivity contribution in [2.45, 2.75) is 59.3 Å². The van der Waals surface area contributed by atoms with E-state index in [2.05, 4.69) is 56.8 Å². The van der Waals surface area contributed by atoms with Gasteiger partial charge in [-0.25, -0.2) is 0 Å². The highest BCUT2D eigenvalue weighted by molar-refractivity contribution is 5.97. The fourth-order valence-electron chi connectivity index (χ4n) is 3.12. The van der Waals surface area contributed by atoms with Crippen LogP contribution in [0.25, 0.3) is 11.4 Å². The molecule has 0 aliphatic carbocycles. The van der Waals surface area contributed by atoms with E-state index in [1.54, 1.807) is 0 Å². The largest absolute Gasteiger partial charge is 0.462 e. The van der Waals surface area contributed by atoms with Crippen LogP contribution in [0, 0.1) is 0 Å². The van der Waals surface area contributed by atoms with E-state index in [4.69, 9.17) is 4.74 Å². The van der Waals surface area contributed by atoms with Crippen molar-refractivity contribution in [3.8, 4) is 17.4 Å². The predicted molar refractivity (Wildman–Crippen MR) is 120 cm³/mol. The van der Waals surface area contributed by atoms with Gasteiger partial charge in [0.25, 0.3) is 5.91 Å². The Labute approximate surface area is 179 Å². The molecule has 3 aromatic rings. The summed E-state index contributed by atoms with van der Waals surface area (Å²) >= 11 is 0. The number of carbonyl (C=O) groups excluding carboxylic acids is 1. The Bertz CT molecular complexity index is 981. The maximum absolute atomic E-state index is 13.3. The zero-order chi connectivity index (χ0) is 21.7. The van der Waals surface area contributed by atoms with Crippen LogP contribution in [-0.4, -0.2) is 27.3 Å². The standard InChI is InChI=1S/C25H31N3O2/c1-6-8-17-30-24-26-22(19-11-9-18(7-2)10-12-19)28(27-24)23(29)20-13-15-21(16-14-20)25(3,4)5/h9-16H,6-8,17H2,1-5H3. The maximum Gasteiger partial charge on any atom is 0.336 e. The van der Waals surface area contributed by atoms with Crippen molar-refractivity contribution in [2.24, 2.45) is 0 Å². The van der Waals surface area contributed by atoms with Gasteiger partial charge < -0.3 is 4.74 Å². The summed E-state index contributed by atoms with van der Waals surface area (Å²) in [5, 5.41) is 4.38. The molecule has 0 atom stereocenters. The SMILES string of the molecule is CCCCOc1nc(-c2ccc(CC)cc2)n(C(=O)c2ccc(C(C)(C)C)cc2)n1. The zero-order valence-corrected chi connectivity index (χ0v) is 18.6. The molecule has 1 heterocycles. The summed E-state index contributed by atoms with van der Waals surface area (Å²) in [6.07, 6.45) is 2.89. The average Bonchev–Trinajstić information content (AvgIpc) is 3.17. The molecule has 0 saturated carbocycles. The lowest BCUT2D eigenvalue weighted by molar-refractivity contribution is 0.0944. The van der Waals surface area contributed by atoms with Crippen LogP contribution in [0.2, 0.25) is 0 Å². The minimum absolute atomic E-state index is 0.0291. The van der Waals surface area contributed by atoms with Gasteiger partial charge in [-0.15, -0.1) is 5.10 Å². The molecule has 30 heavy (non-hydrogen) atoms. The van der Waals surface area contributed by atoms with E-state index in [-0.39, 0.29) is 17.3 Å². The molecular weight excluding hydrogens is 374 g/mol. The van der Waals surface area contributed by atoms with Crippen molar-refractivity contribution >= 4 is 5.91 Å². The van der Waals surface area contributed by atoms with Gasteiger partial charge in [0.1, 0.15) is 0 Å². The topological polar surface area (TPSA) is 57.0 Å². The maximum atomic E-state index is 13.3. The first-order valence-corrected chi connectivity index (χ1v) is 10.7. The first kappa shape index (κ1) is 21.8. The third-order valence-corrected chi connectivity index (χ3v) is 5.13. The van der Waals surface area contributed by atoms with Gasteiger partial charge in [-0.3, -0.25) is 4.79 Å². The molecule has 3 rings (SSSR count). The number of aromatic nitrogens is 3. The van der Waals surface area contributed by atoms with Crippen molar-refractivity contribution in [1.29, 1.82) is 0 Å². The number of rotatable bonds is 7. The first-order valence-electron chi connectivity index (χ1n) is 10.7. The third-order valence-electron chi connectivity index (χ3n) is 5.13. The molecule has 0 amide bonds. The van der Waals surface area contributed by atoms with Crippen molar-refractivity contribution in [3.63, 3.8) is 0 Å². The molecular formula is C25H31N3O2.